The molecule has 1 unspecified atom stereocenters. The molecule has 1 aliphatic rings. The van der Waals surface area contributed by atoms with E-state index in [0.717, 1.165) is 11.1 Å². The van der Waals surface area contributed by atoms with Crippen molar-refractivity contribution in [3.8, 4) is 12.3 Å². The molecule has 0 bridgehead atoms. The van der Waals surface area contributed by atoms with E-state index < -0.39 is 11.2 Å². The molecule has 2 heteroatoms. The molecule has 1 heterocycles. The molecule has 1 nitrogen and oxygen atoms in total. The molecule has 1 rings (SSSR count). The van der Waals surface area contributed by atoms with E-state index in [2.05, 4.69) is 5.92 Å². The minimum absolute atomic E-state index is 0.600. The van der Waals surface area contributed by atoms with Gasteiger partial charge in [0, 0.05) is 0 Å². The van der Waals surface area contributed by atoms with Crippen molar-refractivity contribution in [2.45, 2.75) is 6.92 Å². The summed E-state index contributed by atoms with van der Waals surface area (Å²) < 4.78 is 10.8. The lowest BCUT2D eigenvalue weighted by Crippen LogP contribution is -2.02. The minimum Gasteiger partial charge on any atom is -0.616 e. The normalized spacial score (nSPS) is 26.6. The zero-order chi connectivity index (χ0) is 6.85. The smallest absolute Gasteiger partial charge is 0.138 e. The molecule has 9 heavy (non-hydrogen) atoms. The lowest BCUT2D eigenvalue weighted by Gasteiger charge is -1.98. The van der Waals surface area contributed by atoms with Crippen LogP contribution >= 0.6 is 0 Å². The third kappa shape index (κ3) is 1.29. The molecule has 0 fully saturated rings. The fourth-order valence-electron chi connectivity index (χ4n) is 0.829. The molecule has 0 radical (unpaired) electrons. The topological polar surface area (TPSA) is 23.1 Å². The van der Waals surface area contributed by atoms with Gasteiger partial charge in [-0.05, 0) is 23.7 Å². The molecule has 0 saturated heterocycles. The van der Waals surface area contributed by atoms with Gasteiger partial charge in [-0.15, -0.1) is 6.42 Å². The Kier molecular flexibility index (Phi) is 1.84. The van der Waals surface area contributed by atoms with Gasteiger partial charge < -0.3 is 4.55 Å². The quantitative estimate of drug-likeness (QED) is 0.359. The summed E-state index contributed by atoms with van der Waals surface area (Å²) in [6.45, 7) is 1.94. The van der Waals surface area contributed by atoms with Crippen molar-refractivity contribution in [1.29, 1.82) is 0 Å². The fraction of sp³-hybridized carbons (Fsp3) is 0.429. The van der Waals surface area contributed by atoms with E-state index in [-0.39, 0.29) is 0 Å². The lowest BCUT2D eigenvalue weighted by atomic mass is 10.2. The van der Waals surface area contributed by atoms with Crippen molar-refractivity contribution in [2.75, 3.05) is 11.5 Å². The van der Waals surface area contributed by atoms with Crippen LogP contribution < -0.4 is 0 Å². The Morgan fingerprint density at radius 2 is 2.33 bits per heavy atom. The van der Waals surface area contributed by atoms with Gasteiger partial charge in [-0.3, -0.25) is 0 Å². The second-order valence-corrected chi connectivity index (χ2v) is 3.59. The lowest BCUT2D eigenvalue weighted by molar-refractivity contribution is 0.602. The first kappa shape index (κ1) is 6.73. The van der Waals surface area contributed by atoms with Crippen molar-refractivity contribution in [2.24, 2.45) is 0 Å². The van der Waals surface area contributed by atoms with Crippen LogP contribution in [0.15, 0.2) is 11.1 Å². The van der Waals surface area contributed by atoms with Crippen molar-refractivity contribution < 1.29 is 4.55 Å². The van der Waals surface area contributed by atoms with Crippen LogP contribution in [0.3, 0.4) is 0 Å². The van der Waals surface area contributed by atoms with Crippen molar-refractivity contribution in [3.05, 3.63) is 11.1 Å². The highest BCUT2D eigenvalue weighted by atomic mass is 32.2. The van der Waals surface area contributed by atoms with E-state index >= 15 is 0 Å². The summed E-state index contributed by atoms with van der Waals surface area (Å²) >= 11 is -0.699. The van der Waals surface area contributed by atoms with Crippen LogP contribution in [0.5, 0.6) is 0 Å². The first-order valence-electron chi connectivity index (χ1n) is 2.74. The number of rotatable bonds is 0. The third-order valence-corrected chi connectivity index (χ3v) is 2.74. The standard InChI is InChI=1S/C7H8OS/c1-3-7-5-9(8)4-6(7)2/h1H,4-5H2,2H3. The van der Waals surface area contributed by atoms with E-state index in [1.165, 1.54) is 0 Å². The molecule has 1 atom stereocenters. The van der Waals surface area contributed by atoms with Gasteiger partial charge in [0.05, 0.1) is 5.57 Å². The zero-order valence-electron chi connectivity index (χ0n) is 5.31. The average molecular weight is 140 g/mol. The Balaban J connectivity index is 2.73. The van der Waals surface area contributed by atoms with Gasteiger partial charge in [-0.1, -0.05) is 5.92 Å². The first-order valence-corrected chi connectivity index (χ1v) is 4.23. The van der Waals surface area contributed by atoms with Crippen LogP contribution in [0, 0.1) is 12.3 Å². The summed E-state index contributed by atoms with van der Waals surface area (Å²) in [6.07, 6.45) is 5.14. The monoisotopic (exact) mass is 140 g/mol. The Morgan fingerprint density at radius 1 is 1.67 bits per heavy atom. The van der Waals surface area contributed by atoms with E-state index in [1.54, 1.807) is 0 Å². The first-order chi connectivity index (χ1) is 4.24. The predicted molar refractivity (Wildman–Crippen MR) is 39.4 cm³/mol. The van der Waals surface area contributed by atoms with Crippen LogP contribution in [0.2, 0.25) is 0 Å². The van der Waals surface area contributed by atoms with Crippen LogP contribution in [-0.2, 0) is 11.2 Å². The SMILES string of the molecule is C#CC1=C(C)C[S+]([O-])C1. The van der Waals surface area contributed by atoms with Gasteiger partial charge in [-0.25, -0.2) is 0 Å². The number of hydrogen-bond acceptors (Lipinski definition) is 1. The molecule has 48 valence electrons. The molecular weight excluding hydrogens is 132 g/mol. The highest BCUT2D eigenvalue weighted by Crippen LogP contribution is 2.17. The molecule has 0 aliphatic carbocycles. The van der Waals surface area contributed by atoms with Gasteiger partial charge in [0.1, 0.15) is 11.5 Å². The Labute approximate surface area is 58.3 Å². The summed E-state index contributed by atoms with van der Waals surface area (Å²) in [6, 6.07) is 0. The minimum atomic E-state index is -0.699. The summed E-state index contributed by atoms with van der Waals surface area (Å²) in [5.41, 5.74) is 2.06. The highest BCUT2D eigenvalue weighted by Gasteiger charge is 2.20. The summed E-state index contributed by atoms with van der Waals surface area (Å²) in [4.78, 5) is 0. The molecule has 1 aliphatic heterocycles. The maximum Gasteiger partial charge on any atom is 0.138 e. The Hall–Kier alpha value is -0.390. The second-order valence-electron chi connectivity index (χ2n) is 2.13. The Bertz CT molecular complexity index is 188. The van der Waals surface area contributed by atoms with E-state index in [0.29, 0.717) is 11.5 Å². The maximum absolute atomic E-state index is 10.8. The zero-order valence-corrected chi connectivity index (χ0v) is 6.12. The van der Waals surface area contributed by atoms with Gasteiger partial charge in [0.25, 0.3) is 0 Å². The largest absolute Gasteiger partial charge is 0.616 e. The molecule has 0 aromatic rings. The van der Waals surface area contributed by atoms with Crippen LogP contribution in [0.4, 0.5) is 0 Å². The van der Waals surface area contributed by atoms with E-state index in [9.17, 15) is 4.55 Å². The number of terminal acetylenes is 1. The van der Waals surface area contributed by atoms with E-state index in [4.69, 9.17) is 6.42 Å². The van der Waals surface area contributed by atoms with Gasteiger partial charge in [0.15, 0.2) is 0 Å². The Morgan fingerprint density at radius 3 is 2.56 bits per heavy atom. The van der Waals surface area contributed by atoms with Crippen molar-refractivity contribution in [3.63, 3.8) is 0 Å². The van der Waals surface area contributed by atoms with Gasteiger partial charge in [0.2, 0.25) is 0 Å². The van der Waals surface area contributed by atoms with Gasteiger partial charge in [-0.2, -0.15) is 0 Å². The average Bonchev–Trinajstić information content (AvgIpc) is 2.10. The molecule has 0 aromatic heterocycles. The second kappa shape index (κ2) is 2.47. The molecular formula is C7H8OS. The molecule has 0 spiro atoms. The third-order valence-electron chi connectivity index (χ3n) is 1.37. The van der Waals surface area contributed by atoms with Crippen molar-refractivity contribution >= 4 is 11.2 Å². The van der Waals surface area contributed by atoms with Crippen molar-refractivity contribution in [1.82, 2.24) is 0 Å². The highest BCUT2D eigenvalue weighted by molar-refractivity contribution is 7.92. The molecule has 0 saturated carbocycles. The van der Waals surface area contributed by atoms with Crippen LogP contribution in [0.25, 0.3) is 0 Å². The molecule has 0 amide bonds. The maximum atomic E-state index is 10.8. The van der Waals surface area contributed by atoms with Gasteiger partial charge >= 0.3 is 0 Å². The fourth-order valence-corrected chi connectivity index (χ4v) is 2.24. The van der Waals surface area contributed by atoms with Crippen LogP contribution in [-0.4, -0.2) is 16.1 Å². The number of hydrogen-bond donors (Lipinski definition) is 0. The summed E-state index contributed by atoms with van der Waals surface area (Å²) in [7, 11) is 0. The summed E-state index contributed by atoms with van der Waals surface area (Å²) in [5, 5.41) is 0. The van der Waals surface area contributed by atoms with Crippen LogP contribution in [0.1, 0.15) is 6.92 Å². The molecule has 0 N–H and O–H groups in total. The molecule has 0 aromatic carbocycles. The summed E-state index contributed by atoms with van der Waals surface area (Å²) in [5.74, 6) is 3.81. The predicted octanol–water partition coefficient (Wildman–Crippen LogP) is 0.698. The van der Waals surface area contributed by atoms with E-state index in [1.807, 2.05) is 6.92 Å².